The molecule has 2 aromatic rings. The van der Waals surface area contributed by atoms with E-state index in [0.717, 1.165) is 24.2 Å². The fourth-order valence-corrected chi connectivity index (χ4v) is 1.78. The molecule has 0 radical (unpaired) electrons. The molecule has 2 N–H and O–H groups in total. The summed E-state index contributed by atoms with van der Waals surface area (Å²) >= 11 is 0. The number of aryl methyl sites for hydroxylation is 1. The number of ether oxygens (including phenoxy) is 1. The van der Waals surface area contributed by atoms with Crippen LogP contribution in [0.3, 0.4) is 0 Å². The lowest BCUT2D eigenvalue weighted by molar-refractivity contribution is -0.385. The summed E-state index contributed by atoms with van der Waals surface area (Å²) in [5.74, 6) is -0.648. The highest BCUT2D eigenvalue weighted by Crippen LogP contribution is 2.24. The third-order valence-electron chi connectivity index (χ3n) is 3.02. The van der Waals surface area contributed by atoms with Crippen LogP contribution in [-0.2, 0) is 11.2 Å². The molecule has 1 heterocycles. The van der Waals surface area contributed by atoms with Crippen molar-refractivity contribution in [1.29, 1.82) is 0 Å². The van der Waals surface area contributed by atoms with Crippen LogP contribution in [0.4, 0.5) is 11.5 Å². The van der Waals surface area contributed by atoms with Crippen LogP contribution in [0, 0.1) is 10.1 Å². The van der Waals surface area contributed by atoms with E-state index in [1.165, 1.54) is 0 Å². The van der Waals surface area contributed by atoms with Crippen molar-refractivity contribution in [2.75, 3.05) is 11.9 Å². The van der Waals surface area contributed by atoms with Gasteiger partial charge in [0.1, 0.15) is 11.9 Å². The van der Waals surface area contributed by atoms with Crippen LogP contribution in [0.5, 0.6) is 11.5 Å². The summed E-state index contributed by atoms with van der Waals surface area (Å²) in [7, 11) is 0. The average molecular weight is 317 g/mol. The van der Waals surface area contributed by atoms with Crippen molar-refractivity contribution in [3.8, 4) is 11.5 Å². The third kappa shape index (κ3) is 4.40. The highest BCUT2D eigenvalue weighted by Gasteiger charge is 2.14. The molecule has 0 fully saturated rings. The molecule has 0 saturated carbocycles. The van der Waals surface area contributed by atoms with Gasteiger partial charge in [-0.3, -0.25) is 14.9 Å². The number of nitrogens with one attached hydrogen (secondary N) is 1. The van der Waals surface area contributed by atoms with E-state index in [1.807, 2.05) is 19.1 Å². The van der Waals surface area contributed by atoms with Gasteiger partial charge in [0.2, 0.25) is 0 Å². The van der Waals surface area contributed by atoms with Gasteiger partial charge in [-0.2, -0.15) is 0 Å². The summed E-state index contributed by atoms with van der Waals surface area (Å²) in [5.41, 5.74) is 0.787. The van der Waals surface area contributed by atoms with Gasteiger partial charge in [0, 0.05) is 0 Å². The van der Waals surface area contributed by atoms with E-state index in [-0.39, 0.29) is 18.1 Å². The van der Waals surface area contributed by atoms with Gasteiger partial charge in [0.05, 0.1) is 11.0 Å². The Labute approximate surface area is 131 Å². The summed E-state index contributed by atoms with van der Waals surface area (Å²) in [6.07, 6.45) is 1.85. The predicted molar refractivity (Wildman–Crippen MR) is 82.5 cm³/mol. The molecule has 0 spiro atoms. The minimum atomic E-state index is -0.693. The van der Waals surface area contributed by atoms with E-state index in [2.05, 4.69) is 10.3 Å². The fraction of sp³-hybridized carbons (Fsp3) is 0.200. The molecule has 1 aromatic heterocycles. The zero-order valence-electron chi connectivity index (χ0n) is 12.4. The molecule has 0 bridgehead atoms. The maximum atomic E-state index is 11.8. The first-order valence-electron chi connectivity index (χ1n) is 6.84. The number of nitrogens with zero attached hydrogens (tertiary/aromatic N) is 2. The third-order valence-corrected chi connectivity index (χ3v) is 3.02. The lowest BCUT2D eigenvalue weighted by atomic mass is 10.2. The molecule has 0 aliphatic rings. The summed E-state index contributed by atoms with van der Waals surface area (Å²) in [6, 6.07) is 8.22. The maximum absolute atomic E-state index is 11.8. The van der Waals surface area contributed by atoms with Crippen LogP contribution in [0.15, 0.2) is 36.5 Å². The van der Waals surface area contributed by atoms with Gasteiger partial charge in [0.15, 0.2) is 18.2 Å². The number of aromatic nitrogens is 1. The van der Waals surface area contributed by atoms with Crippen molar-refractivity contribution in [3.05, 3.63) is 52.2 Å². The molecule has 120 valence electrons. The quantitative estimate of drug-likeness (QED) is 0.624. The predicted octanol–water partition coefficient (Wildman–Crippen LogP) is 2.28. The van der Waals surface area contributed by atoms with Crippen molar-refractivity contribution in [2.45, 2.75) is 13.3 Å². The van der Waals surface area contributed by atoms with E-state index in [0.29, 0.717) is 5.75 Å². The Kier molecular flexibility index (Phi) is 5.08. The number of amides is 1. The van der Waals surface area contributed by atoms with E-state index in [1.54, 1.807) is 12.1 Å². The van der Waals surface area contributed by atoms with Gasteiger partial charge in [0.25, 0.3) is 11.6 Å². The fourth-order valence-electron chi connectivity index (χ4n) is 1.78. The molecular formula is C15H15N3O5. The Hall–Kier alpha value is -3.16. The molecule has 0 saturated heterocycles. The molecule has 0 aliphatic carbocycles. The highest BCUT2D eigenvalue weighted by atomic mass is 16.6. The van der Waals surface area contributed by atoms with E-state index < -0.39 is 16.6 Å². The average Bonchev–Trinajstić information content (AvgIpc) is 2.55. The Balaban J connectivity index is 1.92. The van der Waals surface area contributed by atoms with Crippen molar-refractivity contribution in [2.24, 2.45) is 0 Å². The second kappa shape index (κ2) is 7.21. The number of benzene rings is 1. The first-order chi connectivity index (χ1) is 11.0. The Morgan fingerprint density at radius 2 is 2.09 bits per heavy atom. The zero-order chi connectivity index (χ0) is 16.8. The van der Waals surface area contributed by atoms with Gasteiger partial charge in [-0.25, -0.2) is 4.98 Å². The van der Waals surface area contributed by atoms with Crippen LogP contribution < -0.4 is 10.1 Å². The van der Waals surface area contributed by atoms with Gasteiger partial charge in [-0.1, -0.05) is 19.1 Å². The van der Waals surface area contributed by atoms with Crippen LogP contribution >= 0.6 is 0 Å². The van der Waals surface area contributed by atoms with Gasteiger partial charge in [-0.05, 0) is 24.1 Å². The monoisotopic (exact) mass is 317 g/mol. The Morgan fingerprint density at radius 3 is 2.65 bits per heavy atom. The summed E-state index contributed by atoms with van der Waals surface area (Å²) in [6.45, 7) is 1.76. The number of nitro groups is 1. The molecule has 0 aliphatic heterocycles. The molecule has 8 heteroatoms. The van der Waals surface area contributed by atoms with Crippen molar-refractivity contribution < 1.29 is 19.6 Å². The molecule has 0 atom stereocenters. The first kappa shape index (κ1) is 16.2. The van der Waals surface area contributed by atoms with E-state index >= 15 is 0 Å². The first-order valence-corrected chi connectivity index (χ1v) is 6.84. The molecule has 1 amide bonds. The zero-order valence-corrected chi connectivity index (χ0v) is 12.4. The minimum Gasteiger partial charge on any atom is -0.504 e. The largest absolute Gasteiger partial charge is 0.504 e. The second-order valence-electron chi connectivity index (χ2n) is 4.65. The van der Waals surface area contributed by atoms with Crippen LogP contribution in [0.2, 0.25) is 0 Å². The highest BCUT2D eigenvalue weighted by molar-refractivity contribution is 5.92. The van der Waals surface area contributed by atoms with Crippen LogP contribution in [0.1, 0.15) is 12.5 Å². The number of hydrogen-bond acceptors (Lipinski definition) is 6. The molecular weight excluding hydrogens is 302 g/mol. The number of rotatable bonds is 6. The topological polar surface area (TPSA) is 115 Å². The van der Waals surface area contributed by atoms with E-state index in [9.17, 15) is 20.0 Å². The molecule has 0 unspecified atom stereocenters. The minimum absolute atomic E-state index is 0.162. The molecule has 1 aromatic carbocycles. The van der Waals surface area contributed by atoms with Gasteiger partial charge in [-0.15, -0.1) is 0 Å². The SMILES string of the molecule is CCc1ccc(OCC(=O)Nc2ncc([N+](=O)[O-])cc2O)cc1. The molecule has 23 heavy (non-hydrogen) atoms. The smallest absolute Gasteiger partial charge is 0.291 e. The van der Waals surface area contributed by atoms with Crippen molar-refractivity contribution in [3.63, 3.8) is 0 Å². The number of carbonyl (C=O) groups excluding carboxylic acids is 1. The lowest BCUT2D eigenvalue weighted by Gasteiger charge is -2.08. The number of carbonyl (C=O) groups is 1. The summed E-state index contributed by atoms with van der Waals surface area (Å²) in [4.78, 5) is 25.2. The van der Waals surface area contributed by atoms with Crippen LogP contribution in [-0.4, -0.2) is 27.5 Å². The summed E-state index contributed by atoms with van der Waals surface area (Å²) in [5, 5.41) is 22.5. The second-order valence-corrected chi connectivity index (χ2v) is 4.65. The molecule has 8 nitrogen and oxygen atoms in total. The summed E-state index contributed by atoms with van der Waals surface area (Å²) < 4.78 is 5.31. The maximum Gasteiger partial charge on any atom is 0.291 e. The van der Waals surface area contributed by atoms with E-state index in [4.69, 9.17) is 4.74 Å². The van der Waals surface area contributed by atoms with Crippen molar-refractivity contribution in [1.82, 2.24) is 4.98 Å². The number of aromatic hydroxyl groups is 1. The lowest BCUT2D eigenvalue weighted by Crippen LogP contribution is -2.20. The molecule has 2 rings (SSSR count). The Morgan fingerprint density at radius 1 is 1.39 bits per heavy atom. The normalized spacial score (nSPS) is 10.1. The van der Waals surface area contributed by atoms with Crippen LogP contribution in [0.25, 0.3) is 0 Å². The number of anilines is 1. The Bertz CT molecular complexity index is 716. The van der Waals surface area contributed by atoms with Gasteiger partial charge >= 0.3 is 0 Å². The van der Waals surface area contributed by atoms with Crippen molar-refractivity contribution >= 4 is 17.4 Å². The standard InChI is InChI=1S/C15H15N3O5/c1-2-10-3-5-12(6-4-10)23-9-14(20)17-15-13(19)7-11(8-16-15)18(21)22/h3-8,19H,2,9H2,1H3,(H,16,17,20). The number of hydrogen-bond donors (Lipinski definition) is 2. The number of pyridine rings is 1. The van der Waals surface area contributed by atoms with Gasteiger partial charge < -0.3 is 15.2 Å².